The van der Waals surface area contributed by atoms with E-state index in [-0.39, 0.29) is 11.5 Å². The lowest BCUT2D eigenvalue weighted by Gasteiger charge is -2.28. The zero-order chi connectivity index (χ0) is 13.6. The van der Waals surface area contributed by atoms with Gasteiger partial charge in [-0.2, -0.15) is 13.2 Å². The quantitative estimate of drug-likeness (QED) is 0.760. The van der Waals surface area contributed by atoms with Gasteiger partial charge in [-0.25, -0.2) is 4.39 Å². The van der Waals surface area contributed by atoms with Crippen LogP contribution in [0.2, 0.25) is 0 Å². The molecule has 1 N–H and O–H groups in total. The van der Waals surface area contributed by atoms with Crippen molar-refractivity contribution in [1.29, 1.82) is 0 Å². The Morgan fingerprint density at radius 1 is 1.22 bits per heavy atom. The van der Waals surface area contributed by atoms with Gasteiger partial charge in [0.05, 0.1) is 5.56 Å². The Labute approximate surface area is 103 Å². The normalized spacial score (nSPS) is 23.3. The average molecular weight is 261 g/mol. The van der Waals surface area contributed by atoms with Crippen LogP contribution in [0.15, 0.2) is 18.2 Å². The largest absolute Gasteiger partial charge is 0.416 e. The van der Waals surface area contributed by atoms with E-state index < -0.39 is 17.6 Å². The van der Waals surface area contributed by atoms with E-state index in [2.05, 4.69) is 5.32 Å². The van der Waals surface area contributed by atoms with Crippen LogP contribution in [0.25, 0.3) is 0 Å². The fourth-order valence-electron chi connectivity index (χ4n) is 2.58. The van der Waals surface area contributed by atoms with Crippen molar-refractivity contribution in [3.8, 4) is 0 Å². The predicted octanol–water partition coefficient (Wildman–Crippen LogP) is 3.70. The third-order valence-corrected chi connectivity index (χ3v) is 3.53. The smallest absolute Gasteiger partial charge is 0.311 e. The van der Waals surface area contributed by atoms with Crippen LogP contribution in [0, 0.1) is 5.82 Å². The molecular formula is C13H15F4N. The molecule has 0 amide bonds. The van der Waals surface area contributed by atoms with Crippen LogP contribution in [-0.4, -0.2) is 12.1 Å². The first-order valence-corrected chi connectivity index (χ1v) is 5.83. The molecule has 1 saturated heterocycles. The number of nitrogens with one attached hydrogen (secondary N) is 1. The number of hydrogen-bond donors (Lipinski definition) is 1. The zero-order valence-corrected chi connectivity index (χ0v) is 10.2. The number of benzene rings is 1. The van der Waals surface area contributed by atoms with E-state index >= 15 is 0 Å². The molecule has 0 radical (unpaired) electrons. The van der Waals surface area contributed by atoms with E-state index in [4.69, 9.17) is 0 Å². The van der Waals surface area contributed by atoms with Crippen molar-refractivity contribution < 1.29 is 17.6 Å². The predicted molar refractivity (Wildman–Crippen MR) is 60.8 cm³/mol. The highest BCUT2D eigenvalue weighted by atomic mass is 19.4. The third-order valence-electron chi connectivity index (χ3n) is 3.53. The summed E-state index contributed by atoms with van der Waals surface area (Å²) >= 11 is 0. The second-order valence-electron chi connectivity index (χ2n) is 5.26. The number of rotatable bonds is 1. The molecule has 1 atom stereocenters. The zero-order valence-electron chi connectivity index (χ0n) is 10.2. The van der Waals surface area contributed by atoms with Gasteiger partial charge < -0.3 is 5.32 Å². The van der Waals surface area contributed by atoms with Crippen molar-refractivity contribution in [3.63, 3.8) is 0 Å². The highest BCUT2D eigenvalue weighted by molar-refractivity contribution is 5.32. The Morgan fingerprint density at radius 3 is 2.39 bits per heavy atom. The molecule has 18 heavy (non-hydrogen) atoms. The van der Waals surface area contributed by atoms with Gasteiger partial charge in [-0.15, -0.1) is 0 Å². The van der Waals surface area contributed by atoms with Gasteiger partial charge in [0.1, 0.15) is 5.82 Å². The van der Waals surface area contributed by atoms with Gasteiger partial charge in [-0.1, -0.05) is 0 Å². The van der Waals surface area contributed by atoms with E-state index in [1.165, 1.54) is 6.07 Å². The molecule has 1 aliphatic heterocycles. The van der Waals surface area contributed by atoms with Crippen molar-refractivity contribution in [2.75, 3.05) is 6.54 Å². The van der Waals surface area contributed by atoms with E-state index in [9.17, 15) is 17.6 Å². The summed E-state index contributed by atoms with van der Waals surface area (Å²) in [7, 11) is 0. The summed E-state index contributed by atoms with van der Waals surface area (Å²) < 4.78 is 51.3. The Hall–Kier alpha value is -1.10. The molecule has 0 aromatic heterocycles. The molecule has 100 valence electrons. The summed E-state index contributed by atoms with van der Waals surface area (Å²) in [6, 6.07) is 2.80. The molecule has 1 aromatic carbocycles. The minimum Gasteiger partial charge on any atom is -0.311 e. The monoisotopic (exact) mass is 261 g/mol. The lowest BCUT2D eigenvalue weighted by atomic mass is 9.83. The Morgan fingerprint density at radius 2 is 1.89 bits per heavy atom. The van der Waals surface area contributed by atoms with Gasteiger partial charge in [0, 0.05) is 11.5 Å². The fourth-order valence-corrected chi connectivity index (χ4v) is 2.58. The van der Waals surface area contributed by atoms with Gasteiger partial charge in [0.2, 0.25) is 0 Å². The Balaban J connectivity index is 2.43. The van der Waals surface area contributed by atoms with Crippen molar-refractivity contribution in [2.45, 2.75) is 37.9 Å². The molecule has 0 spiro atoms. The van der Waals surface area contributed by atoms with Gasteiger partial charge in [0.25, 0.3) is 0 Å². The molecule has 2 rings (SSSR count). The fraction of sp³-hybridized carbons (Fsp3) is 0.538. The molecule has 0 bridgehead atoms. The maximum Gasteiger partial charge on any atom is 0.416 e. The van der Waals surface area contributed by atoms with Crippen LogP contribution in [0.4, 0.5) is 17.6 Å². The molecule has 5 heteroatoms. The first-order chi connectivity index (χ1) is 8.20. The molecule has 1 heterocycles. The summed E-state index contributed by atoms with van der Waals surface area (Å²) in [5, 5.41) is 3.22. The second kappa shape index (κ2) is 4.23. The number of hydrogen-bond acceptors (Lipinski definition) is 1. The molecular weight excluding hydrogens is 246 g/mol. The van der Waals surface area contributed by atoms with E-state index in [0.29, 0.717) is 18.1 Å². The highest BCUT2D eigenvalue weighted by Crippen LogP contribution is 2.38. The third kappa shape index (κ3) is 2.51. The van der Waals surface area contributed by atoms with Crippen LogP contribution < -0.4 is 5.32 Å². The molecule has 1 nitrogen and oxygen atoms in total. The van der Waals surface area contributed by atoms with Crippen molar-refractivity contribution in [2.24, 2.45) is 0 Å². The van der Waals surface area contributed by atoms with Gasteiger partial charge >= 0.3 is 6.18 Å². The molecule has 1 aromatic rings. The topological polar surface area (TPSA) is 12.0 Å². The van der Waals surface area contributed by atoms with Crippen molar-refractivity contribution in [3.05, 3.63) is 35.1 Å². The minimum absolute atomic E-state index is 0.103. The Bertz CT molecular complexity index is 451. The SMILES string of the molecule is CC1(C)NCCC1c1cc(F)cc(C(F)(F)F)c1. The second-order valence-corrected chi connectivity index (χ2v) is 5.26. The summed E-state index contributed by atoms with van der Waals surface area (Å²) in [5.41, 5.74) is -0.811. The van der Waals surface area contributed by atoms with Gasteiger partial charge in [0.15, 0.2) is 0 Å². The van der Waals surface area contributed by atoms with Crippen LogP contribution in [0.5, 0.6) is 0 Å². The summed E-state index contributed by atoms with van der Waals surface area (Å²) in [4.78, 5) is 0. The summed E-state index contributed by atoms with van der Waals surface area (Å²) in [6.07, 6.45) is -3.79. The number of halogens is 4. The first kappa shape index (κ1) is 13.3. The van der Waals surface area contributed by atoms with Gasteiger partial charge in [-0.3, -0.25) is 0 Å². The minimum atomic E-state index is -4.51. The Kier molecular flexibility index (Phi) is 3.13. The molecule has 0 saturated carbocycles. The standard InChI is InChI=1S/C13H15F4N/c1-12(2)11(3-4-18-12)8-5-9(13(15,16)17)7-10(14)6-8/h5-7,11,18H,3-4H2,1-2H3. The molecule has 1 aliphatic rings. The average Bonchev–Trinajstić information content (AvgIpc) is 2.55. The van der Waals surface area contributed by atoms with E-state index in [1.807, 2.05) is 13.8 Å². The molecule has 1 fully saturated rings. The lowest BCUT2D eigenvalue weighted by Crippen LogP contribution is -2.36. The van der Waals surface area contributed by atoms with Crippen LogP contribution in [0.3, 0.4) is 0 Å². The van der Waals surface area contributed by atoms with E-state index in [1.54, 1.807) is 0 Å². The van der Waals surface area contributed by atoms with Gasteiger partial charge in [-0.05, 0) is 50.6 Å². The van der Waals surface area contributed by atoms with Crippen LogP contribution in [-0.2, 0) is 6.18 Å². The van der Waals surface area contributed by atoms with E-state index in [0.717, 1.165) is 12.6 Å². The maximum absolute atomic E-state index is 13.3. The van der Waals surface area contributed by atoms with Crippen LogP contribution >= 0.6 is 0 Å². The van der Waals surface area contributed by atoms with Crippen molar-refractivity contribution in [1.82, 2.24) is 5.32 Å². The molecule has 1 unspecified atom stereocenters. The van der Waals surface area contributed by atoms with Crippen LogP contribution in [0.1, 0.15) is 37.3 Å². The highest BCUT2D eigenvalue weighted by Gasteiger charge is 2.37. The molecule has 0 aliphatic carbocycles. The maximum atomic E-state index is 13.3. The van der Waals surface area contributed by atoms with Crippen molar-refractivity contribution >= 4 is 0 Å². The first-order valence-electron chi connectivity index (χ1n) is 5.83. The lowest BCUT2D eigenvalue weighted by molar-refractivity contribution is -0.137. The summed E-state index contributed by atoms with van der Waals surface area (Å²) in [5.74, 6) is -0.933. The summed E-state index contributed by atoms with van der Waals surface area (Å²) in [6.45, 7) is 4.57. The number of alkyl halides is 3.